The number of aromatic nitrogens is 2. The topological polar surface area (TPSA) is 79.5 Å². The molecule has 0 radical (unpaired) electrons. The summed E-state index contributed by atoms with van der Waals surface area (Å²) in [7, 11) is 0. The van der Waals surface area contributed by atoms with Crippen LogP contribution in [0.15, 0.2) is 24.3 Å². The minimum Gasteiger partial charge on any atom is -0.494 e. The van der Waals surface area contributed by atoms with Gasteiger partial charge in [-0.2, -0.15) is 5.10 Å². The number of hydrogen-bond acceptors (Lipinski definition) is 4. The van der Waals surface area contributed by atoms with E-state index < -0.39 is 0 Å². The van der Waals surface area contributed by atoms with E-state index in [0.717, 1.165) is 60.8 Å². The molecule has 0 spiro atoms. The number of amides is 2. The van der Waals surface area contributed by atoms with E-state index in [2.05, 4.69) is 15.5 Å². The zero-order valence-electron chi connectivity index (χ0n) is 15.0. The Morgan fingerprint density at radius 1 is 1.42 bits per heavy atom. The average Bonchev–Trinajstić information content (AvgIpc) is 3.30. The van der Waals surface area contributed by atoms with Crippen molar-refractivity contribution in [3.63, 3.8) is 0 Å². The van der Waals surface area contributed by atoms with Gasteiger partial charge in [-0.25, -0.2) is 4.79 Å². The first-order valence-corrected chi connectivity index (χ1v) is 9.20. The van der Waals surface area contributed by atoms with Gasteiger partial charge in [-0.05, 0) is 44.0 Å². The summed E-state index contributed by atoms with van der Waals surface area (Å²) in [5.41, 5.74) is 3.99. The second kappa shape index (κ2) is 7.37. The van der Waals surface area contributed by atoms with Crippen LogP contribution in [0.1, 0.15) is 42.8 Å². The van der Waals surface area contributed by atoms with Crippen LogP contribution in [0.2, 0.25) is 0 Å². The Morgan fingerprint density at radius 2 is 2.27 bits per heavy atom. The summed E-state index contributed by atoms with van der Waals surface area (Å²) in [4.78, 5) is 14.7. The molecule has 1 aromatic carbocycles. The SMILES string of the molecule is CCOc1ccc(NC(=O)N2CCCC2c2n[nH]c3c2COCC3)cc1. The Bertz CT molecular complexity index is 772. The van der Waals surface area contributed by atoms with Crippen molar-refractivity contribution in [2.45, 2.75) is 38.8 Å². The number of ether oxygens (including phenoxy) is 2. The molecular weight excluding hydrogens is 332 g/mol. The number of urea groups is 1. The lowest BCUT2D eigenvalue weighted by Gasteiger charge is -2.25. The van der Waals surface area contributed by atoms with Crippen LogP contribution in [0.5, 0.6) is 5.75 Å². The van der Waals surface area contributed by atoms with Crippen LogP contribution in [-0.4, -0.2) is 40.9 Å². The Morgan fingerprint density at radius 3 is 3.08 bits per heavy atom. The molecule has 4 rings (SSSR count). The van der Waals surface area contributed by atoms with Crippen LogP contribution >= 0.6 is 0 Å². The van der Waals surface area contributed by atoms with E-state index in [1.807, 2.05) is 36.1 Å². The van der Waals surface area contributed by atoms with Gasteiger partial charge in [0.2, 0.25) is 0 Å². The minimum atomic E-state index is -0.0925. The standard InChI is InChI=1S/C19H24N4O3/c1-2-26-14-7-5-13(6-8-14)20-19(24)23-10-3-4-17(23)18-15-12-25-11-9-16(15)21-22-18/h5-8,17H,2-4,9-12H2,1H3,(H,20,24)(H,21,22). The van der Waals surface area contributed by atoms with Gasteiger partial charge in [0.15, 0.2) is 0 Å². The highest BCUT2D eigenvalue weighted by molar-refractivity contribution is 5.89. The number of aromatic amines is 1. The number of nitrogens with zero attached hydrogens (tertiary/aromatic N) is 2. The molecule has 2 N–H and O–H groups in total. The summed E-state index contributed by atoms with van der Waals surface area (Å²) in [5, 5.41) is 10.6. The quantitative estimate of drug-likeness (QED) is 0.881. The number of anilines is 1. The number of H-pyrrole nitrogens is 1. The monoisotopic (exact) mass is 356 g/mol. The first-order chi connectivity index (χ1) is 12.8. The third-order valence-corrected chi connectivity index (χ3v) is 4.97. The minimum absolute atomic E-state index is 0.000557. The first kappa shape index (κ1) is 16.9. The van der Waals surface area contributed by atoms with E-state index in [4.69, 9.17) is 9.47 Å². The Labute approximate surface area is 152 Å². The Balaban J connectivity index is 1.47. The second-order valence-corrected chi connectivity index (χ2v) is 6.61. The average molecular weight is 356 g/mol. The second-order valence-electron chi connectivity index (χ2n) is 6.61. The fourth-order valence-electron chi connectivity index (χ4n) is 3.70. The van der Waals surface area contributed by atoms with E-state index in [9.17, 15) is 4.79 Å². The van der Waals surface area contributed by atoms with Crippen LogP contribution in [0.25, 0.3) is 0 Å². The smallest absolute Gasteiger partial charge is 0.322 e. The van der Waals surface area contributed by atoms with Gasteiger partial charge in [0.05, 0.1) is 31.6 Å². The normalized spacial score (nSPS) is 19.3. The Kier molecular flexibility index (Phi) is 4.79. The first-order valence-electron chi connectivity index (χ1n) is 9.20. The van der Waals surface area contributed by atoms with Crippen molar-refractivity contribution in [3.05, 3.63) is 41.2 Å². The highest BCUT2D eigenvalue weighted by Gasteiger charge is 2.34. The molecular formula is C19H24N4O3. The van der Waals surface area contributed by atoms with Gasteiger partial charge < -0.3 is 19.7 Å². The molecule has 1 saturated heterocycles. The molecule has 1 atom stereocenters. The fourth-order valence-corrected chi connectivity index (χ4v) is 3.70. The number of hydrogen-bond donors (Lipinski definition) is 2. The number of benzene rings is 1. The fraction of sp³-hybridized carbons (Fsp3) is 0.474. The number of likely N-dealkylation sites (tertiary alicyclic amines) is 1. The zero-order chi connectivity index (χ0) is 17.9. The molecule has 2 aliphatic rings. The lowest BCUT2D eigenvalue weighted by molar-refractivity contribution is 0.108. The van der Waals surface area contributed by atoms with Gasteiger partial charge in [0, 0.05) is 29.9 Å². The molecule has 0 bridgehead atoms. The van der Waals surface area contributed by atoms with Gasteiger partial charge in [0.1, 0.15) is 5.75 Å². The van der Waals surface area contributed by atoms with E-state index in [0.29, 0.717) is 13.2 Å². The lowest BCUT2D eigenvalue weighted by Crippen LogP contribution is -2.35. The summed E-state index contributed by atoms with van der Waals surface area (Å²) in [6.45, 7) is 4.60. The molecule has 1 aromatic heterocycles. The molecule has 1 unspecified atom stereocenters. The number of carbonyl (C=O) groups excluding carboxylic acids is 1. The molecule has 138 valence electrons. The van der Waals surface area contributed by atoms with E-state index in [1.165, 1.54) is 0 Å². The van der Waals surface area contributed by atoms with Crippen molar-refractivity contribution in [3.8, 4) is 5.75 Å². The third-order valence-electron chi connectivity index (χ3n) is 4.97. The lowest BCUT2D eigenvalue weighted by atomic mass is 10.0. The van der Waals surface area contributed by atoms with E-state index in [1.54, 1.807) is 0 Å². The van der Waals surface area contributed by atoms with Crippen LogP contribution in [0.4, 0.5) is 10.5 Å². The van der Waals surface area contributed by atoms with Crippen LogP contribution in [-0.2, 0) is 17.8 Å². The van der Waals surface area contributed by atoms with Crippen molar-refractivity contribution < 1.29 is 14.3 Å². The molecule has 2 aromatic rings. The van der Waals surface area contributed by atoms with E-state index >= 15 is 0 Å². The third kappa shape index (κ3) is 3.26. The van der Waals surface area contributed by atoms with Crippen molar-refractivity contribution in [1.29, 1.82) is 0 Å². The van der Waals surface area contributed by atoms with Crippen molar-refractivity contribution in [2.24, 2.45) is 0 Å². The van der Waals surface area contributed by atoms with Gasteiger partial charge in [0.25, 0.3) is 0 Å². The van der Waals surface area contributed by atoms with Gasteiger partial charge in [-0.1, -0.05) is 0 Å². The maximum absolute atomic E-state index is 12.8. The maximum Gasteiger partial charge on any atom is 0.322 e. The summed E-state index contributed by atoms with van der Waals surface area (Å²) in [6.07, 6.45) is 2.76. The van der Waals surface area contributed by atoms with Gasteiger partial charge in [-0.15, -0.1) is 0 Å². The molecule has 1 fully saturated rings. The number of rotatable bonds is 4. The number of fused-ring (bicyclic) bond motifs is 1. The molecule has 7 heteroatoms. The molecule has 2 amide bonds. The molecule has 2 aliphatic heterocycles. The predicted molar refractivity (Wildman–Crippen MR) is 97.3 cm³/mol. The highest BCUT2D eigenvalue weighted by atomic mass is 16.5. The molecule has 0 aliphatic carbocycles. The van der Waals surface area contributed by atoms with Crippen molar-refractivity contribution in [2.75, 3.05) is 25.1 Å². The van der Waals surface area contributed by atoms with Gasteiger partial charge >= 0.3 is 6.03 Å². The van der Waals surface area contributed by atoms with Gasteiger partial charge in [-0.3, -0.25) is 5.10 Å². The number of nitrogens with one attached hydrogen (secondary N) is 2. The summed E-state index contributed by atoms with van der Waals surface area (Å²) >= 11 is 0. The summed E-state index contributed by atoms with van der Waals surface area (Å²) in [5.74, 6) is 0.799. The van der Waals surface area contributed by atoms with Crippen LogP contribution in [0, 0.1) is 0 Å². The summed E-state index contributed by atoms with van der Waals surface area (Å²) in [6, 6.07) is 7.35. The zero-order valence-corrected chi connectivity index (χ0v) is 15.0. The van der Waals surface area contributed by atoms with E-state index in [-0.39, 0.29) is 12.1 Å². The largest absolute Gasteiger partial charge is 0.494 e. The molecule has 7 nitrogen and oxygen atoms in total. The summed E-state index contributed by atoms with van der Waals surface area (Å²) < 4.78 is 11.0. The molecule has 26 heavy (non-hydrogen) atoms. The van der Waals surface area contributed by atoms with Crippen molar-refractivity contribution in [1.82, 2.24) is 15.1 Å². The predicted octanol–water partition coefficient (Wildman–Crippen LogP) is 3.25. The number of carbonyl (C=O) groups is 1. The highest BCUT2D eigenvalue weighted by Crippen LogP contribution is 2.35. The van der Waals surface area contributed by atoms with Crippen LogP contribution in [0.3, 0.4) is 0 Å². The Hall–Kier alpha value is -2.54. The maximum atomic E-state index is 12.8. The molecule has 3 heterocycles. The molecule has 0 saturated carbocycles. The van der Waals surface area contributed by atoms with Crippen molar-refractivity contribution >= 4 is 11.7 Å². The van der Waals surface area contributed by atoms with Crippen LogP contribution < -0.4 is 10.1 Å².